The van der Waals surface area contributed by atoms with Gasteiger partial charge >= 0.3 is 5.97 Å². The molecule has 1 saturated carbocycles. The van der Waals surface area contributed by atoms with E-state index in [1.165, 1.54) is 31.2 Å². The van der Waals surface area contributed by atoms with Crippen molar-refractivity contribution in [1.82, 2.24) is 9.80 Å². The first-order valence-corrected chi connectivity index (χ1v) is 12.5. The summed E-state index contributed by atoms with van der Waals surface area (Å²) in [6.45, 7) is 5.28. The molecule has 3 unspecified atom stereocenters. The fourth-order valence-corrected chi connectivity index (χ4v) is 6.16. The minimum atomic E-state index is -0.615. The van der Waals surface area contributed by atoms with Crippen LogP contribution in [0, 0.1) is 11.8 Å². The van der Waals surface area contributed by atoms with Gasteiger partial charge < -0.3 is 14.7 Å². The van der Waals surface area contributed by atoms with Crippen LogP contribution in [0.25, 0.3) is 0 Å². The van der Waals surface area contributed by atoms with Crippen molar-refractivity contribution in [2.24, 2.45) is 11.8 Å². The molecular formula is C26H38N2O3. The van der Waals surface area contributed by atoms with Crippen molar-refractivity contribution >= 4 is 5.97 Å². The lowest BCUT2D eigenvalue weighted by molar-refractivity contribution is -0.143. The van der Waals surface area contributed by atoms with Gasteiger partial charge in [0.15, 0.2) is 0 Å². The smallest absolute Gasteiger partial charge is 0.320 e. The van der Waals surface area contributed by atoms with Crippen LogP contribution in [-0.2, 0) is 16.0 Å². The maximum Gasteiger partial charge on any atom is 0.320 e. The van der Waals surface area contributed by atoms with E-state index in [0.29, 0.717) is 17.9 Å². The molecule has 0 bridgehead atoms. The maximum absolute atomic E-state index is 11.8. The van der Waals surface area contributed by atoms with Gasteiger partial charge in [0.25, 0.3) is 0 Å². The number of carboxylic acids is 1. The van der Waals surface area contributed by atoms with Crippen LogP contribution in [0.4, 0.5) is 0 Å². The van der Waals surface area contributed by atoms with Crippen LogP contribution in [0.15, 0.2) is 30.3 Å². The number of aliphatic carboxylic acids is 1. The summed E-state index contributed by atoms with van der Waals surface area (Å²) in [5.74, 6) is 0.664. The number of ether oxygens (including phenoxy) is 1. The van der Waals surface area contributed by atoms with Crippen LogP contribution in [0.1, 0.15) is 56.9 Å². The van der Waals surface area contributed by atoms with Crippen LogP contribution < -0.4 is 0 Å². The number of piperidine rings is 1. The molecule has 4 fully saturated rings. The number of benzene rings is 1. The monoisotopic (exact) mass is 426 g/mol. The van der Waals surface area contributed by atoms with Crippen molar-refractivity contribution < 1.29 is 14.6 Å². The molecule has 3 saturated heterocycles. The number of carbonyl (C=O) groups is 1. The van der Waals surface area contributed by atoms with E-state index in [4.69, 9.17) is 4.74 Å². The Morgan fingerprint density at radius 3 is 2.52 bits per heavy atom. The largest absolute Gasteiger partial charge is 0.480 e. The van der Waals surface area contributed by atoms with Crippen molar-refractivity contribution in [3.05, 3.63) is 35.9 Å². The molecular weight excluding hydrogens is 388 g/mol. The number of rotatable bonds is 8. The minimum Gasteiger partial charge on any atom is -0.480 e. The summed E-state index contributed by atoms with van der Waals surface area (Å²) in [5, 5.41) is 9.68. The van der Waals surface area contributed by atoms with Crippen molar-refractivity contribution in [2.45, 2.75) is 75.5 Å². The molecule has 31 heavy (non-hydrogen) atoms. The highest BCUT2D eigenvalue weighted by molar-refractivity contribution is 5.73. The maximum atomic E-state index is 11.8. The Labute approximate surface area is 186 Å². The van der Waals surface area contributed by atoms with Crippen molar-refractivity contribution in [1.29, 1.82) is 0 Å². The number of carboxylic acid groups (broad SMARTS) is 1. The number of likely N-dealkylation sites (tertiary alicyclic amines) is 2. The zero-order chi connectivity index (χ0) is 21.3. The standard InChI is InChI=1S/C26H38N2O3/c29-25(30)24(17-21-6-7-21)28-13-9-22(19-28)18-27-14-11-26(12-15-27)10-8-23(31-26)16-20-4-2-1-3-5-20/h1-5,21-24H,6-19H2,(H,29,30). The van der Waals surface area contributed by atoms with E-state index < -0.39 is 5.97 Å². The molecule has 0 aromatic heterocycles. The second-order valence-electron chi connectivity index (χ2n) is 10.6. The van der Waals surface area contributed by atoms with E-state index in [1.807, 2.05) is 0 Å². The molecule has 1 N–H and O–H groups in total. The third-order valence-electron chi connectivity index (χ3n) is 8.23. The van der Waals surface area contributed by atoms with Gasteiger partial charge in [0.2, 0.25) is 0 Å². The van der Waals surface area contributed by atoms with E-state index in [2.05, 4.69) is 40.1 Å². The lowest BCUT2D eigenvalue weighted by Crippen LogP contribution is -2.46. The summed E-state index contributed by atoms with van der Waals surface area (Å²) in [7, 11) is 0. The molecule has 1 aromatic rings. The van der Waals surface area contributed by atoms with Crippen LogP contribution in [0.2, 0.25) is 0 Å². The SMILES string of the molecule is O=C(O)C(CC1CC1)N1CCC(CN2CCC3(CCC(Cc4ccccc4)O3)CC2)C1. The minimum absolute atomic E-state index is 0.107. The molecule has 1 aliphatic carbocycles. The first-order chi connectivity index (χ1) is 15.1. The summed E-state index contributed by atoms with van der Waals surface area (Å²) in [6, 6.07) is 10.5. The Hall–Kier alpha value is -1.43. The Balaban J connectivity index is 1.06. The summed E-state index contributed by atoms with van der Waals surface area (Å²) in [4.78, 5) is 16.6. The molecule has 0 radical (unpaired) electrons. The molecule has 5 heteroatoms. The molecule has 5 rings (SSSR count). The Morgan fingerprint density at radius 1 is 1.03 bits per heavy atom. The van der Waals surface area contributed by atoms with Gasteiger partial charge in [0, 0.05) is 26.2 Å². The highest BCUT2D eigenvalue weighted by atomic mass is 16.5. The first-order valence-electron chi connectivity index (χ1n) is 12.5. The van der Waals surface area contributed by atoms with E-state index in [0.717, 1.165) is 64.8 Å². The lowest BCUT2D eigenvalue weighted by atomic mass is 9.88. The molecule has 170 valence electrons. The van der Waals surface area contributed by atoms with Gasteiger partial charge in [-0.15, -0.1) is 0 Å². The van der Waals surface area contributed by atoms with E-state index in [9.17, 15) is 9.90 Å². The summed E-state index contributed by atoms with van der Waals surface area (Å²) >= 11 is 0. The fraction of sp³-hybridized carbons (Fsp3) is 0.731. The fourth-order valence-electron chi connectivity index (χ4n) is 6.16. The van der Waals surface area contributed by atoms with Crippen LogP contribution in [0.5, 0.6) is 0 Å². The molecule has 3 aliphatic heterocycles. The molecule has 5 nitrogen and oxygen atoms in total. The van der Waals surface area contributed by atoms with Gasteiger partial charge in [-0.25, -0.2) is 0 Å². The highest BCUT2D eigenvalue weighted by Crippen LogP contribution is 2.40. The zero-order valence-electron chi connectivity index (χ0n) is 18.8. The Kier molecular flexibility index (Phi) is 6.36. The highest BCUT2D eigenvalue weighted by Gasteiger charge is 2.43. The summed E-state index contributed by atoms with van der Waals surface area (Å²) in [5.41, 5.74) is 1.49. The van der Waals surface area contributed by atoms with E-state index >= 15 is 0 Å². The van der Waals surface area contributed by atoms with Crippen LogP contribution >= 0.6 is 0 Å². The van der Waals surface area contributed by atoms with Crippen molar-refractivity contribution in [3.63, 3.8) is 0 Å². The number of hydrogen-bond acceptors (Lipinski definition) is 4. The third kappa shape index (κ3) is 5.32. The number of hydrogen-bond donors (Lipinski definition) is 1. The van der Waals surface area contributed by atoms with Crippen molar-refractivity contribution in [3.8, 4) is 0 Å². The Bertz CT molecular complexity index is 742. The second kappa shape index (κ2) is 9.21. The lowest BCUT2D eigenvalue weighted by Gasteiger charge is -2.40. The predicted octanol–water partition coefficient (Wildman–Crippen LogP) is 3.82. The average Bonchev–Trinajstić information content (AvgIpc) is 3.35. The van der Waals surface area contributed by atoms with Crippen LogP contribution in [-0.4, -0.2) is 71.3 Å². The Morgan fingerprint density at radius 2 is 1.81 bits per heavy atom. The zero-order valence-corrected chi connectivity index (χ0v) is 18.8. The first kappa shape index (κ1) is 21.4. The van der Waals surface area contributed by atoms with E-state index in [-0.39, 0.29) is 11.6 Å². The number of nitrogens with zero attached hydrogens (tertiary/aromatic N) is 2. The van der Waals surface area contributed by atoms with Gasteiger partial charge in [-0.2, -0.15) is 0 Å². The summed E-state index contributed by atoms with van der Waals surface area (Å²) in [6.07, 6.45) is 10.5. The van der Waals surface area contributed by atoms with E-state index in [1.54, 1.807) is 0 Å². The average molecular weight is 427 g/mol. The normalized spacial score (nSPS) is 30.1. The molecule has 3 heterocycles. The van der Waals surface area contributed by atoms with Gasteiger partial charge in [0.05, 0.1) is 11.7 Å². The predicted molar refractivity (Wildman–Crippen MR) is 121 cm³/mol. The molecule has 1 aromatic carbocycles. The van der Waals surface area contributed by atoms with Crippen molar-refractivity contribution in [2.75, 3.05) is 32.7 Å². The van der Waals surface area contributed by atoms with Gasteiger partial charge in [-0.1, -0.05) is 43.2 Å². The topological polar surface area (TPSA) is 53.0 Å². The molecule has 1 spiro atoms. The molecule has 3 atom stereocenters. The van der Waals surface area contributed by atoms with Crippen LogP contribution in [0.3, 0.4) is 0 Å². The third-order valence-corrected chi connectivity index (χ3v) is 8.23. The second-order valence-corrected chi connectivity index (χ2v) is 10.6. The molecule has 4 aliphatic rings. The van der Waals surface area contributed by atoms with Gasteiger partial charge in [0.1, 0.15) is 6.04 Å². The summed E-state index contributed by atoms with van der Waals surface area (Å²) < 4.78 is 6.63. The van der Waals surface area contributed by atoms with Gasteiger partial charge in [-0.05, 0) is 68.9 Å². The quantitative estimate of drug-likeness (QED) is 0.685. The molecule has 0 amide bonds. The van der Waals surface area contributed by atoms with Gasteiger partial charge in [-0.3, -0.25) is 9.69 Å².